The lowest BCUT2D eigenvalue weighted by Crippen LogP contribution is -2.14. The largest absolute Gasteiger partial charge is 0.497 e. The fourth-order valence-corrected chi connectivity index (χ4v) is 3.99. The van der Waals surface area contributed by atoms with Gasteiger partial charge in [0.05, 0.1) is 56.2 Å². The summed E-state index contributed by atoms with van der Waals surface area (Å²) < 4.78 is 17.6. The number of nitrogens with zero attached hydrogens (tertiary/aromatic N) is 4. The van der Waals surface area contributed by atoms with Gasteiger partial charge in [0.25, 0.3) is 12.4 Å². The molecule has 4 aromatic heterocycles. The molecular formula is C29H30N6O6. The molecule has 0 saturated heterocycles. The van der Waals surface area contributed by atoms with Crippen LogP contribution < -0.4 is 10.1 Å². The number of carbonyl (C=O) groups excluding carboxylic acids is 1. The predicted molar refractivity (Wildman–Crippen MR) is 153 cm³/mol. The Morgan fingerprint density at radius 3 is 2.63 bits per heavy atom. The number of H-pyrrole nitrogens is 1. The zero-order valence-electron chi connectivity index (χ0n) is 22.6. The summed E-state index contributed by atoms with van der Waals surface area (Å²) in [4.78, 5) is 34.0. The number of nitrogens with one attached hydrogen (secondary N) is 2. The number of hydrogen-bond donors (Lipinski definition) is 3. The number of pyridine rings is 2. The maximum Gasteiger partial charge on any atom is 0.290 e. The summed E-state index contributed by atoms with van der Waals surface area (Å²) in [6.45, 7) is 1.75. The highest BCUT2D eigenvalue weighted by Gasteiger charge is 2.17. The van der Waals surface area contributed by atoms with Crippen LogP contribution in [-0.2, 0) is 20.8 Å². The summed E-state index contributed by atoms with van der Waals surface area (Å²) in [6, 6.07) is 18.7. The molecule has 0 saturated carbocycles. The molecule has 0 radical (unpaired) electrons. The molecule has 12 nitrogen and oxygen atoms in total. The summed E-state index contributed by atoms with van der Waals surface area (Å²) in [7, 11) is 3.27. The zero-order valence-corrected chi connectivity index (χ0v) is 22.6. The van der Waals surface area contributed by atoms with Crippen LogP contribution in [0.4, 0.5) is 5.69 Å². The SMILES string of the molecule is COCCOCCn1cc(NC(=O)c2cccc(-c3cc4ccc(OC)cc4[nH]3)n2)c(-c2ccccn2)n1.O=CO. The van der Waals surface area contributed by atoms with Crippen molar-refractivity contribution in [2.24, 2.45) is 0 Å². The molecule has 0 spiro atoms. The number of carboxylic acid groups (broad SMARTS) is 1. The fraction of sp³-hybridized carbons (Fsp3) is 0.207. The smallest absolute Gasteiger partial charge is 0.290 e. The second-order valence-electron chi connectivity index (χ2n) is 8.58. The lowest BCUT2D eigenvalue weighted by Gasteiger charge is -2.06. The Kier molecular flexibility index (Phi) is 10.1. The molecule has 1 aromatic carbocycles. The minimum absolute atomic E-state index is 0.250. The van der Waals surface area contributed by atoms with Crippen LogP contribution in [0.2, 0.25) is 0 Å². The third-order valence-electron chi connectivity index (χ3n) is 5.90. The van der Waals surface area contributed by atoms with Gasteiger partial charge in [-0.25, -0.2) is 4.98 Å². The number of ether oxygens (including phenoxy) is 3. The molecule has 5 aromatic rings. The molecule has 1 amide bonds. The molecule has 0 atom stereocenters. The van der Waals surface area contributed by atoms with Crippen LogP contribution in [-0.4, -0.2) is 76.3 Å². The number of aromatic amines is 1. The Hall–Kier alpha value is -5.07. The molecule has 4 heterocycles. The van der Waals surface area contributed by atoms with E-state index in [9.17, 15) is 4.79 Å². The summed E-state index contributed by atoms with van der Waals surface area (Å²) in [5.74, 6) is 0.412. The van der Waals surface area contributed by atoms with Crippen molar-refractivity contribution < 1.29 is 28.9 Å². The van der Waals surface area contributed by atoms with E-state index in [2.05, 4.69) is 25.4 Å². The number of fused-ring (bicyclic) bond motifs is 1. The molecule has 0 fully saturated rings. The first-order valence-corrected chi connectivity index (χ1v) is 12.6. The summed E-state index contributed by atoms with van der Waals surface area (Å²) >= 11 is 0. The normalized spacial score (nSPS) is 10.6. The highest BCUT2D eigenvalue weighted by Crippen LogP contribution is 2.27. The van der Waals surface area contributed by atoms with E-state index in [1.54, 1.807) is 37.4 Å². The van der Waals surface area contributed by atoms with Crippen LogP contribution in [0.3, 0.4) is 0 Å². The lowest BCUT2D eigenvalue weighted by atomic mass is 10.2. The van der Waals surface area contributed by atoms with Gasteiger partial charge in [0.15, 0.2) is 0 Å². The number of aromatic nitrogens is 5. The minimum Gasteiger partial charge on any atom is -0.497 e. The van der Waals surface area contributed by atoms with Crippen molar-refractivity contribution in [3.05, 3.63) is 78.8 Å². The van der Waals surface area contributed by atoms with Crippen molar-refractivity contribution in [2.45, 2.75) is 6.54 Å². The van der Waals surface area contributed by atoms with Gasteiger partial charge in [-0.3, -0.25) is 19.3 Å². The van der Waals surface area contributed by atoms with Gasteiger partial charge < -0.3 is 29.6 Å². The summed E-state index contributed by atoms with van der Waals surface area (Å²) in [5.41, 5.74) is 4.42. The van der Waals surface area contributed by atoms with E-state index in [0.29, 0.717) is 49.1 Å². The van der Waals surface area contributed by atoms with Crippen molar-refractivity contribution in [2.75, 3.05) is 39.4 Å². The van der Waals surface area contributed by atoms with E-state index in [0.717, 1.165) is 22.3 Å². The number of benzene rings is 1. The van der Waals surface area contributed by atoms with E-state index in [1.807, 2.05) is 54.6 Å². The van der Waals surface area contributed by atoms with E-state index >= 15 is 0 Å². The van der Waals surface area contributed by atoms with E-state index in [1.165, 1.54) is 0 Å². The Bertz CT molecular complexity index is 1580. The topological polar surface area (TPSA) is 153 Å². The standard InChI is InChI=1S/C28H28N6O4.CH2O2/c1-36-14-15-38-13-12-34-18-26(27(33-34)22-6-3-4-11-29-22)32-28(35)23-8-5-7-21(30-23)25-16-19-9-10-20(37-2)17-24(19)31-25;2-1-3/h3-11,16-18,31H,12-15H2,1-2H3,(H,32,35);1H,(H,2,3). The molecule has 3 N–H and O–H groups in total. The van der Waals surface area contributed by atoms with Crippen molar-refractivity contribution in [1.29, 1.82) is 0 Å². The summed E-state index contributed by atoms with van der Waals surface area (Å²) in [6.07, 6.45) is 3.46. The van der Waals surface area contributed by atoms with Gasteiger partial charge in [0, 0.05) is 36.5 Å². The number of anilines is 1. The lowest BCUT2D eigenvalue weighted by molar-refractivity contribution is -0.122. The quantitative estimate of drug-likeness (QED) is 0.160. The van der Waals surface area contributed by atoms with Crippen molar-refractivity contribution in [3.8, 4) is 28.5 Å². The van der Waals surface area contributed by atoms with Crippen LogP contribution in [0.15, 0.2) is 73.1 Å². The van der Waals surface area contributed by atoms with Gasteiger partial charge in [-0.15, -0.1) is 0 Å². The van der Waals surface area contributed by atoms with Gasteiger partial charge in [-0.1, -0.05) is 12.1 Å². The van der Waals surface area contributed by atoms with Gasteiger partial charge >= 0.3 is 0 Å². The number of carbonyl (C=O) groups is 2. The summed E-state index contributed by atoms with van der Waals surface area (Å²) in [5, 5.41) is 15.5. The van der Waals surface area contributed by atoms with Crippen molar-refractivity contribution in [3.63, 3.8) is 0 Å². The maximum atomic E-state index is 13.3. The van der Waals surface area contributed by atoms with E-state index < -0.39 is 0 Å². The van der Waals surface area contributed by atoms with E-state index in [4.69, 9.17) is 24.1 Å². The number of methoxy groups -OCH3 is 2. The van der Waals surface area contributed by atoms with Crippen molar-refractivity contribution >= 4 is 29.0 Å². The second kappa shape index (κ2) is 14.4. The first-order chi connectivity index (χ1) is 20.1. The molecule has 12 heteroatoms. The fourth-order valence-electron chi connectivity index (χ4n) is 3.99. The third-order valence-corrected chi connectivity index (χ3v) is 5.90. The molecule has 0 aliphatic heterocycles. The van der Waals surface area contributed by atoms with Crippen LogP contribution >= 0.6 is 0 Å². The molecule has 0 bridgehead atoms. The molecule has 41 heavy (non-hydrogen) atoms. The predicted octanol–water partition coefficient (Wildman–Crippen LogP) is 4.11. The van der Waals surface area contributed by atoms with Gasteiger partial charge in [0.1, 0.15) is 17.1 Å². The van der Waals surface area contributed by atoms with E-state index in [-0.39, 0.29) is 18.1 Å². The Morgan fingerprint density at radius 2 is 1.88 bits per heavy atom. The first-order valence-electron chi connectivity index (χ1n) is 12.6. The average molecular weight is 559 g/mol. The third kappa shape index (κ3) is 7.53. The Balaban J connectivity index is 0.00000124. The van der Waals surface area contributed by atoms with Crippen molar-refractivity contribution in [1.82, 2.24) is 24.7 Å². The minimum atomic E-state index is -0.349. The van der Waals surface area contributed by atoms with Crippen LogP contribution in [0.25, 0.3) is 33.7 Å². The Labute approximate surface area is 235 Å². The molecule has 0 aliphatic carbocycles. The number of amides is 1. The van der Waals surface area contributed by atoms with Gasteiger partial charge in [0.2, 0.25) is 0 Å². The van der Waals surface area contributed by atoms with Crippen LogP contribution in [0.1, 0.15) is 10.5 Å². The Morgan fingerprint density at radius 1 is 1.05 bits per heavy atom. The number of hydrogen-bond acceptors (Lipinski definition) is 8. The van der Waals surface area contributed by atoms with Gasteiger partial charge in [-0.2, -0.15) is 5.10 Å². The zero-order chi connectivity index (χ0) is 29.0. The average Bonchev–Trinajstić information content (AvgIpc) is 3.61. The maximum absolute atomic E-state index is 13.3. The molecule has 5 rings (SSSR count). The van der Waals surface area contributed by atoms with Crippen LogP contribution in [0.5, 0.6) is 5.75 Å². The van der Waals surface area contributed by atoms with Gasteiger partial charge in [-0.05, 0) is 42.5 Å². The molecule has 0 unspecified atom stereocenters. The first kappa shape index (κ1) is 28.9. The van der Waals surface area contributed by atoms with Crippen LogP contribution in [0, 0.1) is 0 Å². The molecular weight excluding hydrogens is 528 g/mol. The monoisotopic (exact) mass is 558 g/mol. The highest BCUT2D eigenvalue weighted by atomic mass is 16.5. The molecule has 0 aliphatic rings. The molecule has 212 valence electrons. The highest BCUT2D eigenvalue weighted by molar-refractivity contribution is 6.04. The second-order valence-corrected chi connectivity index (χ2v) is 8.58. The number of rotatable bonds is 11.